The van der Waals surface area contributed by atoms with Gasteiger partial charge in [-0.15, -0.1) is 0 Å². The summed E-state index contributed by atoms with van der Waals surface area (Å²) in [7, 11) is -6.71. The summed E-state index contributed by atoms with van der Waals surface area (Å²) in [5.74, 6) is -0.0376. The number of sulfonamides is 2. The molecule has 0 bridgehead atoms. The Balaban J connectivity index is 1.63. The van der Waals surface area contributed by atoms with Crippen LogP contribution in [0.1, 0.15) is 36.8 Å². The van der Waals surface area contributed by atoms with Crippen LogP contribution in [0.2, 0.25) is 0 Å². The molecule has 140 valence electrons. The molecule has 1 saturated carbocycles. The quantitative estimate of drug-likeness (QED) is 0.772. The number of nitrogens with zero attached hydrogens (tertiary/aromatic N) is 2. The third kappa shape index (κ3) is 4.24. The first-order valence-corrected chi connectivity index (χ1v) is 11.9. The molecule has 0 aromatic heterocycles. The van der Waals surface area contributed by atoms with Gasteiger partial charge in [0, 0.05) is 26.2 Å². The number of hydrogen-bond acceptors (Lipinski definition) is 4. The summed E-state index contributed by atoms with van der Waals surface area (Å²) in [4.78, 5) is 0. The number of rotatable bonds is 5. The molecule has 1 heterocycles. The molecule has 0 amide bonds. The van der Waals surface area contributed by atoms with Crippen LogP contribution >= 0.6 is 0 Å². The number of hydrogen-bond donors (Lipinski definition) is 0. The minimum atomic E-state index is -3.43. The van der Waals surface area contributed by atoms with Gasteiger partial charge in [-0.25, -0.2) is 16.8 Å². The van der Waals surface area contributed by atoms with Gasteiger partial charge < -0.3 is 0 Å². The molecular formula is C17H26N2O4S2. The fraction of sp³-hybridized carbons (Fsp3) is 0.647. The maximum atomic E-state index is 12.6. The molecule has 3 rings (SSSR count). The second-order valence-corrected chi connectivity index (χ2v) is 11.2. The highest BCUT2D eigenvalue weighted by atomic mass is 32.2. The molecule has 2 fully saturated rings. The van der Waals surface area contributed by atoms with Crippen LogP contribution in [0.25, 0.3) is 0 Å². The Morgan fingerprint density at radius 2 is 1.56 bits per heavy atom. The SMILES string of the molecule is Cc1cccc(CS(=O)(=O)N2CCN(S(=O)(=O)C3CCCC3)CC2)c1. The van der Waals surface area contributed by atoms with E-state index in [2.05, 4.69) is 0 Å². The number of benzene rings is 1. The van der Waals surface area contributed by atoms with E-state index in [1.54, 1.807) is 0 Å². The number of piperazine rings is 1. The van der Waals surface area contributed by atoms with Crippen LogP contribution in [0.4, 0.5) is 0 Å². The van der Waals surface area contributed by atoms with Crippen molar-refractivity contribution in [1.29, 1.82) is 0 Å². The van der Waals surface area contributed by atoms with E-state index in [0.29, 0.717) is 0 Å². The molecule has 6 nitrogen and oxygen atoms in total. The summed E-state index contributed by atoms with van der Waals surface area (Å²) in [6.07, 6.45) is 3.39. The van der Waals surface area contributed by atoms with Crippen molar-refractivity contribution in [2.75, 3.05) is 26.2 Å². The van der Waals surface area contributed by atoms with Gasteiger partial charge in [0.25, 0.3) is 0 Å². The van der Waals surface area contributed by atoms with Crippen molar-refractivity contribution in [3.8, 4) is 0 Å². The van der Waals surface area contributed by atoms with Gasteiger partial charge in [0.15, 0.2) is 0 Å². The normalized spacial score (nSPS) is 21.6. The summed E-state index contributed by atoms with van der Waals surface area (Å²) in [6, 6.07) is 7.47. The van der Waals surface area contributed by atoms with E-state index in [-0.39, 0.29) is 37.2 Å². The molecule has 1 aliphatic heterocycles. The molecular weight excluding hydrogens is 360 g/mol. The largest absolute Gasteiger partial charge is 0.218 e. The second-order valence-electron chi connectivity index (χ2n) is 6.99. The van der Waals surface area contributed by atoms with Crippen molar-refractivity contribution >= 4 is 20.0 Å². The van der Waals surface area contributed by atoms with Crippen LogP contribution in [0, 0.1) is 6.92 Å². The minimum absolute atomic E-state index is 0.0376. The van der Waals surface area contributed by atoms with Gasteiger partial charge in [-0.3, -0.25) is 0 Å². The summed E-state index contributed by atoms with van der Waals surface area (Å²) in [6.45, 7) is 2.92. The van der Waals surface area contributed by atoms with Gasteiger partial charge in [0.1, 0.15) is 0 Å². The molecule has 0 spiro atoms. The molecule has 0 N–H and O–H groups in total. The summed E-state index contributed by atoms with van der Waals surface area (Å²) >= 11 is 0. The fourth-order valence-electron chi connectivity index (χ4n) is 3.70. The zero-order chi connectivity index (χ0) is 18.1. The van der Waals surface area contributed by atoms with Gasteiger partial charge in [-0.1, -0.05) is 42.7 Å². The van der Waals surface area contributed by atoms with Gasteiger partial charge in [0.05, 0.1) is 11.0 Å². The summed E-state index contributed by atoms with van der Waals surface area (Å²) in [5, 5.41) is -0.275. The van der Waals surface area contributed by atoms with Gasteiger partial charge >= 0.3 is 0 Å². The molecule has 2 aliphatic rings. The fourth-order valence-corrected chi connectivity index (χ4v) is 7.23. The Bertz CT molecular complexity index is 807. The average molecular weight is 387 g/mol. The van der Waals surface area contributed by atoms with E-state index < -0.39 is 20.0 Å². The van der Waals surface area contributed by atoms with Crippen molar-refractivity contribution in [2.24, 2.45) is 0 Å². The Morgan fingerprint density at radius 3 is 2.16 bits per heavy atom. The lowest BCUT2D eigenvalue weighted by Gasteiger charge is -2.34. The van der Waals surface area contributed by atoms with E-state index in [1.165, 1.54) is 8.61 Å². The Kier molecular flexibility index (Phi) is 5.53. The summed E-state index contributed by atoms with van der Waals surface area (Å²) < 4.78 is 53.4. The molecule has 0 unspecified atom stereocenters. The minimum Gasteiger partial charge on any atom is -0.212 e. The van der Waals surface area contributed by atoms with Crippen LogP contribution in [0.15, 0.2) is 24.3 Å². The molecule has 1 aromatic rings. The van der Waals surface area contributed by atoms with Crippen molar-refractivity contribution in [3.05, 3.63) is 35.4 Å². The van der Waals surface area contributed by atoms with Crippen molar-refractivity contribution in [2.45, 2.75) is 43.6 Å². The Morgan fingerprint density at radius 1 is 0.960 bits per heavy atom. The smallest absolute Gasteiger partial charge is 0.212 e. The Hall–Kier alpha value is -0.960. The lowest BCUT2D eigenvalue weighted by molar-refractivity contribution is 0.270. The first-order valence-electron chi connectivity index (χ1n) is 8.81. The van der Waals surface area contributed by atoms with Gasteiger partial charge in [-0.05, 0) is 25.3 Å². The Labute approximate surface area is 150 Å². The van der Waals surface area contributed by atoms with Crippen LogP contribution in [-0.4, -0.2) is 56.9 Å². The topological polar surface area (TPSA) is 74.8 Å². The third-order valence-electron chi connectivity index (χ3n) is 5.11. The highest BCUT2D eigenvalue weighted by Gasteiger charge is 2.37. The van der Waals surface area contributed by atoms with Crippen molar-refractivity contribution in [1.82, 2.24) is 8.61 Å². The molecule has 1 aromatic carbocycles. The zero-order valence-corrected chi connectivity index (χ0v) is 16.2. The highest BCUT2D eigenvalue weighted by molar-refractivity contribution is 7.89. The maximum Gasteiger partial charge on any atom is 0.218 e. The lowest BCUT2D eigenvalue weighted by atomic mass is 10.2. The molecule has 1 saturated heterocycles. The van der Waals surface area contributed by atoms with Crippen LogP contribution in [0.5, 0.6) is 0 Å². The molecule has 1 aliphatic carbocycles. The monoisotopic (exact) mass is 386 g/mol. The van der Waals surface area contributed by atoms with E-state index in [4.69, 9.17) is 0 Å². The van der Waals surface area contributed by atoms with Crippen LogP contribution < -0.4 is 0 Å². The lowest BCUT2D eigenvalue weighted by Crippen LogP contribution is -2.52. The first kappa shape index (κ1) is 18.8. The predicted octanol–water partition coefficient (Wildman–Crippen LogP) is 1.71. The van der Waals surface area contributed by atoms with Gasteiger partial charge in [0.2, 0.25) is 20.0 Å². The molecule has 0 radical (unpaired) electrons. The third-order valence-corrected chi connectivity index (χ3v) is 9.35. The van der Waals surface area contributed by atoms with E-state index in [0.717, 1.165) is 36.8 Å². The second kappa shape index (κ2) is 7.34. The van der Waals surface area contributed by atoms with Crippen molar-refractivity contribution < 1.29 is 16.8 Å². The van der Waals surface area contributed by atoms with Crippen molar-refractivity contribution in [3.63, 3.8) is 0 Å². The van der Waals surface area contributed by atoms with Crippen LogP contribution in [-0.2, 0) is 25.8 Å². The number of aryl methyl sites for hydroxylation is 1. The average Bonchev–Trinajstić information content (AvgIpc) is 3.10. The van der Waals surface area contributed by atoms with Crippen LogP contribution in [0.3, 0.4) is 0 Å². The highest BCUT2D eigenvalue weighted by Crippen LogP contribution is 2.28. The van der Waals surface area contributed by atoms with E-state index in [9.17, 15) is 16.8 Å². The molecule has 8 heteroatoms. The first-order chi connectivity index (χ1) is 11.8. The standard InChI is InChI=1S/C17H26N2O4S2/c1-15-5-4-6-16(13-15)14-24(20,21)18-9-11-19(12-10-18)25(22,23)17-7-2-3-8-17/h4-6,13,17H,2-3,7-12,14H2,1H3. The summed E-state index contributed by atoms with van der Waals surface area (Å²) in [5.41, 5.74) is 1.79. The zero-order valence-electron chi connectivity index (χ0n) is 14.6. The van der Waals surface area contributed by atoms with E-state index >= 15 is 0 Å². The predicted molar refractivity (Wildman–Crippen MR) is 98.1 cm³/mol. The maximum absolute atomic E-state index is 12.6. The van der Waals surface area contributed by atoms with Gasteiger partial charge in [-0.2, -0.15) is 8.61 Å². The van der Waals surface area contributed by atoms with E-state index in [1.807, 2.05) is 31.2 Å². The molecule has 0 atom stereocenters. The molecule has 25 heavy (non-hydrogen) atoms.